The molecule has 2 atom stereocenters. The van der Waals surface area contributed by atoms with Gasteiger partial charge in [-0.1, -0.05) is 6.07 Å². The van der Waals surface area contributed by atoms with Gasteiger partial charge in [-0.3, -0.25) is 14.6 Å². The molecular weight excluding hydrogens is 435 g/mol. The summed E-state index contributed by atoms with van der Waals surface area (Å²) < 4.78 is 40.8. The average molecular weight is 457 g/mol. The van der Waals surface area contributed by atoms with Crippen LogP contribution >= 0.6 is 0 Å². The molecule has 2 aromatic rings. The molecule has 0 radical (unpaired) electrons. The molecule has 1 aliphatic carbocycles. The quantitative estimate of drug-likeness (QED) is 0.719. The van der Waals surface area contributed by atoms with Gasteiger partial charge in [0.15, 0.2) is 0 Å². The first-order chi connectivity index (χ1) is 15.8. The lowest BCUT2D eigenvalue weighted by atomic mass is 9.87. The standard InChI is InChI=1S/C23H22F3N5O2/c24-15-4-5-17-14(8-15)2-1-3-19(17)30-20-11-28-7-6-18(20)22(33)29-12-21(32)31-13-23(25,26)9-16(31)10-27/h4-8,11,16,19,30H,1-3,9,12-13H2,(H,29,33). The van der Waals surface area contributed by atoms with Crippen molar-refractivity contribution < 1.29 is 22.8 Å². The maximum atomic E-state index is 13.6. The van der Waals surface area contributed by atoms with Gasteiger partial charge in [-0.15, -0.1) is 0 Å². The van der Waals surface area contributed by atoms with E-state index in [2.05, 4.69) is 15.6 Å². The Morgan fingerprint density at radius 1 is 1.30 bits per heavy atom. The number of hydrogen-bond donors (Lipinski definition) is 2. The van der Waals surface area contributed by atoms with Crippen LogP contribution in [-0.4, -0.2) is 46.8 Å². The lowest BCUT2D eigenvalue weighted by molar-refractivity contribution is -0.131. The molecule has 4 rings (SSSR count). The fourth-order valence-corrected chi connectivity index (χ4v) is 4.38. The molecule has 2 N–H and O–H groups in total. The first-order valence-electron chi connectivity index (χ1n) is 10.6. The molecule has 1 fully saturated rings. The zero-order chi connectivity index (χ0) is 23.6. The molecule has 2 amide bonds. The Morgan fingerprint density at radius 2 is 2.12 bits per heavy atom. The third-order valence-electron chi connectivity index (χ3n) is 5.95. The van der Waals surface area contributed by atoms with Crippen LogP contribution in [0.2, 0.25) is 0 Å². The molecule has 7 nitrogen and oxygen atoms in total. The van der Waals surface area contributed by atoms with Crippen molar-refractivity contribution in [1.29, 1.82) is 5.26 Å². The highest BCUT2D eigenvalue weighted by Gasteiger charge is 2.47. The van der Waals surface area contributed by atoms with Gasteiger partial charge in [0.2, 0.25) is 5.91 Å². The molecule has 2 aliphatic rings. The Hall–Kier alpha value is -3.61. The number of nitriles is 1. The molecule has 0 spiro atoms. The predicted molar refractivity (Wildman–Crippen MR) is 113 cm³/mol. The van der Waals surface area contributed by atoms with Gasteiger partial charge in [-0.2, -0.15) is 5.26 Å². The van der Waals surface area contributed by atoms with Crippen molar-refractivity contribution in [2.75, 3.05) is 18.4 Å². The number of likely N-dealkylation sites (tertiary alicyclic amines) is 1. The zero-order valence-electron chi connectivity index (χ0n) is 17.7. The average Bonchev–Trinajstić information content (AvgIpc) is 3.12. The van der Waals surface area contributed by atoms with E-state index in [0.717, 1.165) is 35.3 Å². The summed E-state index contributed by atoms with van der Waals surface area (Å²) in [4.78, 5) is 30.0. The third-order valence-corrected chi connectivity index (χ3v) is 5.95. The van der Waals surface area contributed by atoms with Crippen LogP contribution in [0.5, 0.6) is 0 Å². The van der Waals surface area contributed by atoms with Gasteiger partial charge in [0.25, 0.3) is 11.8 Å². The largest absolute Gasteiger partial charge is 0.376 e. The molecule has 33 heavy (non-hydrogen) atoms. The van der Waals surface area contributed by atoms with Crippen molar-refractivity contribution in [2.24, 2.45) is 0 Å². The number of carbonyl (C=O) groups excluding carboxylic acids is 2. The highest BCUT2D eigenvalue weighted by atomic mass is 19.3. The molecular formula is C23H22F3N5O2. The number of amides is 2. The van der Waals surface area contributed by atoms with Crippen LogP contribution in [0.1, 0.15) is 46.8 Å². The normalized spacial score (nSPS) is 21.1. The van der Waals surface area contributed by atoms with E-state index in [9.17, 15) is 22.8 Å². The molecule has 1 saturated heterocycles. The van der Waals surface area contributed by atoms with E-state index in [-0.39, 0.29) is 17.4 Å². The van der Waals surface area contributed by atoms with Gasteiger partial charge >= 0.3 is 0 Å². The number of hydrogen-bond acceptors (Lipinski definition) is 5. The smallest absolute Gasteiger partial charge is 0.268 e. The number of nitrogens with zero attached hydrogens (tertiary/aromatic N) is 3. The molecule has 1 aromatic carbocycles. The van der Waals surface area contributed by atoms with E-state index in [1.54, 1.807) is 12.1 Å². The van der Waals surface area contributed by atoms with Crippen LogP contribution in [0.25, 0.3) is 0 Å². The van der Waals surface area contributed by atoms with Crippen molar-refractivity contribution in [3.8, 4) is 6.07 Å². The molecule has 0 saturated carbocycles. The monoisotopic (exact) mass is 457 g/mol. The van der Waals surface area contributed by atoms with Gasteiger partial charge in [0, 0.05) is 12.6 Å². The number of aryl methyl sites for hydroxylation is 1. The highest BCUT2D eigenvalue weighted by molar-refractivity contribution is 6.01. The van der Waals surface area contributed by atoms with Crippen molar-refractivity contribution >= 4 is 17.5 Å². The maximum Gasteiger partial charge on any atom is 0.268 e. The van der Waals surface area contributed by atoms with Crippen LogP contribution in [-0.2, 0) is 11.2 Å². The van der Waals surface area contributed by atoms with Crippen LogP contribution < -0.4 is 10.6 Å². The minimum atomic E-state index is -3.12. The number of alkyl halides is 2. The number of pyridine rings is 1. The fraction of sp³-hybridized carbons (Fsp3) is 0.391. The van der Waals surface area contributed by atoms with Crippen molar-refractivity contribution in [1.82, 2.24) is 15.2 Å². The predicted octanol–water partition coefficient (Wildman–Crippen LogP) is 3.20. The number of halogens is 3. The Kier molecular flexibility index (Phi) is 6.22. The first kappa shape index (κ1) is 22.6. The Balaban J connectivity index is 1.44. The second-order valence-electron chi connectivity index (χ2n) is 8.26. The van der Waals surface area contributed by atoms with Gasteiger partial charge in [0.1, 0.15) is 11.9 Å². The lowest BCUT2D eigenvalue weighted by Gasteiger charge is -2.28. The second kappa shape index (κ2) is 9.10. The number of anilines is 1. The molecule has 1 aliphatic heterocycles. The van der Waals surface area contributed by atoms with E-state index >= 15 is 0 Å². The maximum absolute atomic E-state index is 13.6. The Morgan fingerprint density at radius 3 is 2.91 bits per heavy atom. The summed E-state index contributed by atoms with van der Waals surface area (Å²) in [6.07, 6.45) is 4.61. The number of fused-ring (bicyclic) bond motifs is 1. The molecule has 172 valence electrons. The van der Waals surface area contributed by atoms with Crippen molar-refractivity contribution in [2.45, 2.75) is 43.7 Å². The summed E-state index contributed by atoms with van der Waals surface area (Å²) in [5.74, 6) is -4.75. The molecule has 2 heterocycles. The van der Waals surface area contributed by atoms with Crippen LogP contribution in [0.15, 0.2) is 36.7 Å². The number of aromatic nitrogens is 1. The minimum absolute atomic E-state index is 0.144. The van der Waals surface area contributed by atoms with E-state index < -0.39 is 43.3 Å². The summed E-state index contributed by atoms with van der Waals surface area (Å²) in [5, 5.41) is 14.8. The number of rotatable bonds is 5. The summed E-state index contributed by atoms with van der Waals surface area (Å²) in [7, 11) is 0. The van der Waals surface area contributed by atoms with Crippen LogP contribution in [0.4, 0.5) is 18.9 Å². The summed E-state index contributed by atoms with van der Waals surface area (Å²) in [5.41, 5.74) is 2.53. The number of nitrogens with one attached hydrogen (secondary N) is 2. The van der Waals surface area contributed by atoms with Gasteiger partial charge < -0.3 is 15.5 Å². The zero-order valence-corrected chi connectivity index (χ0v) is 17.7. The van der Waals surface area contributed by atoms with Gasteiger partial charge in [-0.05, 0) is 48.6 Å². The van der Waals surface area contributed by atoms with Crippen LogP contribution in [0, 0.1) is 17.1 Å². The molecule has 2 unspecified atom stereocenters. The third kappa shape index (κ3) is 4.92. The highest BCUT2D eigenvalue weighted by Crippen LogP contribution is 2.34. The van der Waals surface area contributed by atoms with E-state index in [1.807, 2.05) is 0 Å². The topological polar surface area (TPSA) is 98.1 Å². The Bertz CT molecular complexity index is 1120. The minimum Gasteiger partial charge on any atom is -0.376 e. The SMILES string of the molecule is N#CC1CC(F)(F)CN1C(=O)CNC(=O)c1ccncc1NC1CCCc2cc(F)ccc21. The lowest BCUT2D eigenvalue weighted by Crippen LogP contribution is -2.43. The molecule has 0 bridgehead atoms. The summed E-state index contributed by atoms with van der Waals surface area (Å²) in [6.45, 7) is -1.36. The number of carbonyl (C=O) groups is 2. The number of benzene rings is 1. The van der Waals surface area contributed by atoms with Crippen LogP contribution in [0.3, 0.4) is 0 Å². The summed E-state index contributed by atoms with van der Waals surface area (Å²) >= 11 is 0. The van der Waals surface area contributed by atoms with Gasteiger partial charge in [-0.25, -0.2) is 13.2 Å². The Labute approximate surface area is 188 Å². The second-order valence-corrected chi connectivity index (χ2v) is 8.26. The fourth-order valence-electron chi connectivity index (χ4n) is 4.38. The van der Waals surface area contributed by atoms with E-state index in [0.29, 0.717) is 5.69 Å². The van der Waals surface area contributed by atoms with Crippen molar-refractivity contribution in [3.05, 3.63) is 59.2 Å². The molecule has 1 aromatic heterocycles. The summed E-state index contributed by atoms with van der Waals surface area (Å²) in [6, 6.07) is 6.47. The van der Waals surface area contributed by atoms with E-state index in [1.165, 1.54) is 30.6 Å². The molecule has 10 heteroatoms. The first-order valence-corrected chi connectivity index (χ1v) is 10.6. The van der Waals surface area contributed by atoms with E-state index in [4.69, 9.17) is 5.26 Å². The van der Waals surface area contributed by atoms with Crippen molar-refractivity contribution in [3.63, 3.8) is 0 Å². The van der Waals surface area contributed by atoms with Gasteiger partial charge in [0.05, 0.1) is 42.6 Å².